The molecule has 0 spiro atoms. The molecule has 1 rings (SSSR count). The molecule has 0 aliphatic carbocycles. The van der Waals surface area contributed by atoms with Gasteiger partial charge < -0.3 is 15.4 Å². The summed E-state index contributed by atoms with van der Waals surface area (Å²) in [5.74, 6) is -0.565. The van der Waals surface area contributed by atoms with Crippen LogP contribution in [0.15, 0.2) is 24.3 Å². The molecule has 0 aliphatic rings. The fourth-order valence-corrected chi connectivity index (χ4v) is 1.74. The van der Waals surface area contributed by atoms with Gasteiger partial charge in [-0.25, -0.2) is 4.79 Å². The van der Waals surface area contributed by atoms with Crippen molar-refractivity contribution >= 4 is 17.6 Å². The number of hydrogen-bond donors (Lipinski definition) is 2. The second-order valence-corrected chi connectivity index (χ2v) is 5.74. The van der Waals surface area contributed by atoms with E-state index >= 15 is 0 Å². The zero-order valence-electron chi connectivity index (χ0n) is 13.2. The number of ether oxygens (including phenoxy) is 1. The first kappa shape index (κ1) is 17.2. The van der Waals surface area contributed by atoms with Gasteiger partial charge in [-0.05, 0) is 39.8 Å². The molecule has 0 atom stereocenters. The summed E-state index contributed by atoms with van der Waals surface area (Å²) in [6, 6.07) is 6.84. The Morgan fingerprint density at radius 3 is 2.48 bits per heavy atom. The molecule has 0 heterocycles. The summed E-state index contributed by atoms with van der Waals surface area (Å²) in [4.78, 5) is 23.7. The molecule has 0 saturated carbocycles. The van der Waals surface area contributed by atoms with Gasteiger partial charge in [0.05, 0.1) is 17.9 Å². The predicted octanol–water partition coefficient (Wildman–Crippen LogP) is 2.58. The molecule has 5 nitrogen and oxygen atoms in total. The molecule has 0 saturated heterocycles. The molecule has 21 heavy (non-hydrogen) atoms. The number of rotatable bonds is 6. The van der Waals surface area contributed by atoms with Crippen LogP contribution in [-0.2, 0) is 9.53 Å². The lowest BCUT2D eigenvalue weighted by molar-refractivity contribution is -0.116. The van der Waals surface area contributed by atoms with Crippen LogP contribution in [0.1, 0.15) is 44.5 Å². The number of para-hydroxylation sites is 1. The zero-order chi connectivity index (χ0) is 15.9. The van der Waals surface area contributed by atoms with Crippen molar-refractivity contribution in [2.75, 3.05) is 18.5 Å². The quantitative estimate of drug-likeness (QED) is 0.791. The zero-order valence-corrected chi connectivity index (χ0v) is 13.2. The van der Waals surface area contributed by atoms with Gasteiger partial charge in [-0.2, -0.15) is 0 Å². The Kier molecular flexibility index (Phi) is 6.37. The van der Waals surface area contributed by atoms with E-state index in [1.807, 2.05) is 20.8 Å². The highest BCUT2D eigenvalue weighted by atomic mass is 16.5. The molecule has 5 heteroatoms. The van der Waals surface area contributed by atoms with E-state index in [4.69, 9.17) is 4.74 Å². The Labute approximate surface area is 126 Å². The first-order valence-corrected chi connectivity index (χ1v) is 7.14. The van der Waals surface area contributed by atoms with Crippen molar-refractivity contribution in [1.29, 1.82) is 0 Å². The molecule has 2 N–H and O–H groups in total. The summed E-state index contributed by atoms with van der Waals surface area (Å²) in [6.07, 6.45) is 0.342. The summed E-state index contributed by atoms with van der Waals surface area (Å²) in [6.45, 7) is 8.76. The summed E-state index contributed by atoms with van der Waals surface area (Å²) in [5, 5.41) is 6.00. The minimum Gasteiger partial charge on any atom is -0.462 e. The van der Waals surface area contributed by atoms with E-state index in [1.54, 1.807) is 31.2 Å². The molecule has 0 unspecified atom stereocenters. The number of benzene rings is 1. The molecule has 116 valence electrons. The normalized spacial score (nSPS) is 11.0. The van der Waals surface area contributed by atoms with Crippen LogP contribution in [0.5, 0.6) is 0 Å². The van der Waals surface area contributed by atoms with Gasteiger partial charge in [0.1, 0.15) is 0 Å². The highest BCUT2D eigenvalue weighted by molar-refractivity contribution is 6.01. The Morgan fingerprint density at radius 2 is 1.86 bits per heavy atom. The van der Waals surface area contributed by atoms with Crippen molar-refractivity contribution in [2.24, 2.45) is 0 Å². The van der Waals surface area contributed by atoms with Crippen LogP contribution in [0.3, 0.4) is 0 Å². The van der Waals surface area contributed by atoms with Crippen molar-refractivity contribution in [2.45, 2.75) is 39.7 Å². The van der Waals surface area contributed by atoms with E-state index in [0.717, 1.165) is 0 Å². The molecule has 0 bridgehead atoms. The van der Waals surface area contributed by atoms with Crippen LogP contribution in [0.4, 0.5) is 5.69 Å². The van der Waals surface area contributed by atoms with Gasteiger partial charge in [-0.1, -0.05) is 12.1 Å². The second-order valence-electron chi connectivity index (χ2n) is 5.74. The van der Waals surface area contributed by atoms with Crippen LogP contribution in [0.2, 0.25) is 0 Å². The van der Waals surface area contributed by atoms with Gasteiger partial charge in [0.2, 0.25) is 5.91 Å². The predicted molar refractivity (Wildman–Crippen MR) is 83.4 cm³/mol. The van der Waals surface area contributed by atoms with Gasteiger partial charge in [-0.15, -0.1) is 0 Å². The highest BCUT2D eigenvalue weighted by Gasteiger charge is 2.14. The molecule has 0 aliphatic heterocycles. The van der Waals surface area contributed by atoms with Crippen molar-refractivity contribution in [1.82, 2.24) is 5.32 Å². The Hall–Kier alpha value is -1.88. The third-order valence-electron chi connectivity index (χ3n) is 2.70. The average molecular weight is 292 g/mol. The molecule has 0 fully saturated rings. The molecule has 0 radical (unpaired) electrons. The second kappa shape index (κ2) is 7.78. The number of amides is 1. The standard InChI is InChI=1S/C16H24N2O3/c1-5-21-15(20)12-8-6-7-9-13(12)18-14(19)10-11-17-16(2,3)4/h6-9,17H,5,10-11H2,1-4H3,(H,18,19). The van der Waals surface area contributed by atoms with Crippen molar-refractivity contribution in [3.63, 3.8) is 0 Å². The fraction of sp³-hybridized carbons (Fsp3) is 0.500. The summed E-state index contributed by atoms with van der Waals surface area (Å²) < 4.78 is 4.97. The van der Waals surface area contributed by atoms with Crippen molar-refractivity contribution < 1.29 is 14.3 Å². The summed E-state index contributed by atoms with van der Waals surface area (Å²) >= 11 is 0. The average Bonchev–Trinajstić information content (AvgIpc) is 2.38. The molecular weight excluding hydrogens is 268 g/mol. The molecule has 1 aromatic carbocycles. The lowest BCUT2D eigenvalue weighted by atomic mass is 10.1. The van der Waals surface area contributed by atoms with E-state index in [2.05, 4.69) is 10.6 Å². The van der Waals surface area contributed by atoms with E-state index in [-0.39, 0.29) is 11.4 Å². The van der Waals surface area contributed by atoms with Crippen LogP contribution in [0, 0.1) is 0 Å². The van der Waals surface area contributed by atoms with Crippen LogP contribution in [0.25, 0.3) is 0 Å². The number of carbonyl (C=O) groups excluding carboxylic acids is 2. The summed E-state index contributed by atoms with van der Waals surface area (Å²) in [5.41, 5.74) is 0.830. The minimum absolute atomic E-state index is 0.0247. The summed E-state index contributed by atoms with van der Waals surface area (Å²) in [7, 11) is 0. The number of nitrogens with one attached hydrogen (secondary N) is 2. The van der Waals surface area contributed by atoms with Gasteiger partial charge in [0.15, 0.2) is 0 Å². The van der Waals surface area contributed by atoms with E-state index < -0.39 is 5.97 Å². The number of esters is 1. The van der Waals surface area contributed by atoms with Gasteiger partial charge in [0, 0.05) is 18.5 Å². The first-order valence-electron chi connectivity index (χ1n) is 7.14. The largest absolute Gasteiger partial charge is 0.462 e. The fourth-order valence-electron chi connectivity index (χ4n) is 1.74. The Morgan fingerprint density at radius 1 is 1.19 bits per heavy atom. The lowest BCUT2D eigenvalue weighted by Gasteiger charge is -2.20. The Bertz CT molecular complexity index is 493. The molecule has 0 aromatic heterocycles. The smallest absolute Gasteiger partial charge is 0.340 e. The van der Waals surface area contributed by atoms with Crippen molar-refractivity contribution in [3.05, 3.63) is 29.8 Å². The maximum atomic E-state index is 11.9. The van der Waals surface area contributed by atoms with Gasteiger partial charge >= 0.3 is 5.97 Å². The van der Waals surface area contributed by atoms with Crippen molar-refractivity contribution in [3.8, 4) is 0 Å². The van der Waals surface area contributed by atoms with E-state index in [9.17, 15) is 9.59 Å². The SMILES string of the molecule is CCOC(=O)c1ccccc1NC(=O)CCNC(C)(C)C. The van der Waals surface area contributed by atoms with Crippen LogP contribution < -0.4 is 10.6 Å². The first-order chi connectivity index (χ1) is 9.83. The van der Waals surface area contributed by atoms with E-state index in [1.165, 1.54) is 0 Å². The minimum atomic E-state index is -0.429. The molecular formula is C16H24N2O3. The maximum Gasteiger partial charge on any atom is 0.340 e. The van der Waals surface area contributed by atoms with Gasteiger partial charge in [0.25, 0.3) is 0 Å². The maximum absolute atomic E-state index is 11.9. The number of carbonyl (C=O) groups is 2. The van der Waals surface area contributed by atoms with Crippen LogP contribution in [-0.4, -0.2) is 30.6 Å². The molecule has 1 amide bonds. The van der Waals surface area contributed by atoms with E-state index in [0.29, 0.717) is 30.8 Å². The Balaban J connectivity index is 2.62. The monoisotopic (exact) mass is 292 g/mol. The van der Waals surface area contributed by atoms with Crippen LogP contribution >= 0.6 is 0 Å². The molecule has 1 aromatic rings. The van der Waals surface area contributed by atoms with Gasteiger partial charge in [-0.3, -0.25) is 4.79 Å². The third kappa shape index (κ3) is 6.40. The number of hydrogen-bond acceptors (Lipinski definition) is 4. The third-order valence-corrected chi connectivity index (χ3v) is 2.70. The highest BCUT2D eigenvalue weighted by Crippen LogP contribution is 2.16. The topological polar surface area (TPSA) is 67.4 Å². The number of anilines is 1. The lowest BCUT2D eigenvalue weighted by Crippen LogP contribution is -2.37.